The van der Waals surface area contributed by atoms with Gasteiger partial charge in [0.1, 0.15) is 57.7 Å². The third-order valence-electron chi connectivity index (χ3n) is 6.14. The Kier molecular flexibility index (Phi) is 7.67. The van der Waals surface area contributed by atoms with Crippen LogP contribution in [0.3, 0.4) is 0 Å². The van der Waals surface area contributed by atoms with Crippen molar-refractivity contribution in [2.75, 3.05) is 13.7 Å². The van der Waals surface area contributed by atoms with Crippen LogP contribution in [0.4, 0.5) is 22.0 Å². The number of benzene rings is 1. The number of aliphatic hydroxyl groups is 2. The van der Waals surface area contributed by atoms with Crippen molar-refractivity contribution in [3.63, 3.8) is 0 Å². The number of ether oxygens (including phenoxy) is 2. The molecule has 0 radical (unpaired) electrons. The quantitative estimate of drug-likeness (QED) is 0.240. The van der Waals surface area contributed by atoms with Gasteiger partial charge in [-0.3, -0.25) is 4.98 Å². The van der Waals surface area contributed by atoms with Gasteiger partial charge in [-0.25, -0.2) is 13.5 Å². The second-order valence-corrected chi connectivity index (χ2v) is 9.09. The number of alkyl halides is 3. The zero-order valence-corrected chi connectivity index (χ0v) is 20.7. The Hall–Kier alpha value is -2.87. The van der Waals surface area contributed by atoms with E-state index in [-0.39, 0.29) is 16.8 Å². The minimum atomic E-state index is -4.96. The second-order valence-electron chi connectivity index (χ2n) is 8.21. The van der Waals surface area contributed by atoms with Crippen molar-refractivity contribution in [1.82, 2.24) is 20.0 Å². The van der Waals surface area contributed by atoms with Crippen LogP contribution in [0, 0.1) is 23.0 Å². The van der Waals surface area contributed by atoms with Crippen LogP contribution in [-0.4, -0.2) is 67.7 Å². The molecule has 38 heavy (non-hydrogen) atoms. The Morgan fingerprint density at radius 1 is 1.29 bits per heavy atom. The molecule has 4 rings (SSSR count). The van der Waals surface area contributed by atoms with E-state index >= 15 is 0 Å². The number of aromatic nitrogens is 4. The van der Waals surface area contributed by atoms with Gasteiger partial charge in [0, 0.05) is 24.4 Å². The molecular formula is C22H17ClF5N5O4S. The average molecular weight is 578 g/mol. The Morgan fingerprint density at radius 3 is 2.50 bits per heavy atom. The Morgan fingerprint density at radius 2 is 1.95 bits per heavy atom. The summed E-state index contributed by atoms with van der Waals surface area (Å²) in [5.41, 5.74) is -6.03. The van der Waals surface area contributed by atoms with Crippen molar-refractivity contribution in [3.05, 3.63) is 64.1 Å². The van der Waals surface area contributed by atoms with Gasteiger partial charge in [0.25, 0.3) is 0 Å². The average Bonchev–Trinajstić information content (AvgIpc) is 3.37. The fourth-order valence-corrected chi connectivity index (χ4v) is 5.06. The third-order valence-corrected chi connectivity index (χ3v) is 6.89. The molecule has 202 valence electrons. The first kappa shape index (κ1) is 28.1. The molecule has 16 heteroatoms. The monoisotopic (exact) mass is 577 g/mol. The standard InChI is InChI=1S/C22H17ClF5N5O4S/c1-36-19-20(38)37-15(8-34)18(35)21(19,11-2-10(5-29)17(30-6-11)22(26,27)28)33-7-14(31-32-33)9-3-12(24)16(23)13(25)4-9/h2-4,6-7,15,18-20,34-35,38H,8H2,1H3/t15-,18+,19+,20-,21?/m1/s1. The van der Waals surface area contributed by atoms with Gasteiger partial charge in [-0.15, -0.1) is 17.7 Å². The SMILES string of the molecule is CO[C@H]1[C@@H](S)O[C@H](CO)[C@H](O)C1(c1cnc(C(F)(F)F)c(C#N)c1)n1cc(-c2cc(F)c(Cl)c(F)c2)nn1. The summed E-state index contributed by atoms with van der Waals surface area (Å²) in [5.74, 6) is -2.18. The highest BCUT2D eigenvalue weighted by molar-refractivity contribution is 7.80. The molecule has 1 fully saturated rings. The van der Waals surface area contributed by atoms with Gasteiger partial charge >= 0.3 is 6.18 Å². The minimum absolute atomic E-state index is 0.106. The third kappa shape index (κ3) is 4.51. The van der Waals surface area contributed by atoms with Crippen LogP contribution >= 0.6 is 24.2 Å². The number of nitriles is 1. The molecule has 5 atom stereocenters. The van der Waals surface area contributed by atoms with E-state index in [0.29, 0.717) is 0 Å². The number of halogens is 6. The van der Waals surface area contributed by atoms with Gasteiger partial charge in [0.2, 0.25) is 0 Å². The zero-order valence-electron chi connectivity index (χ0n) is 19.1. The summed E-state index contributed by atoms with van der Waals surface area (Å²) in [6, 6.07) is 4.04. The van der Waals surface area contributed by atoms with Crippen LogP contribution in [0.2, 0.25) is 5.02 Å². The van der Waals surface area contributed by atoms with Crippen LogP contribution < -0.4 is 0 Å². The van der Waals surface area contributed by atoms with E-state index in [1.54, 1.807) is 0 Å². The van der Waals surface area contributed by atoms with Crippen molar-refractivity contribution < 1.29 is 41.6 Å². The Bertz CT molecular complexity index is 1380. The van der Waals surface area contributed by atoms with E-state index in [2.05, 4.69) is 27.9 Å². The number of pyridine rings is 1. The molecule has 0 saturated carbocycles. The molecule has 0 bridgehead atoms. The Balaban J connectivity index is 2.01. The molecule has 9 nitrogen and oxygen atoms in total. The molecule has 2 N–H and O–H groups in total. The van der Waals surface area contributed by atoms with Gasteiger partial charge in [0.05, 0.1) is 18.4 Å². The van der Waals surface area contributed by atoms with Gasteiger partial charge in [-0.05, 0) is 18.2 Å². The first-order valence-electron chi connectivity index (χ1n) is 10.6. The summed E-state index contributed by atoms with van der Waals surface area (Å²) in [5, 5.41) is 37.9. The van der Waals surface area contributed by atoms with Crippen molar-refractivity contribution in [1.29, 1.82) is 5.26 Å². The van der Waals surface area contributed by atoms with Crippen LogP contribution in [-0.2, 0) is 21.2 Å². The molecule has 1 saturated heterocycles. The number of hydrogen-bond donors (Lipinski definition) is 3. The molecule has 1 aliphatic heterocycles. The number of hydrogen-bond acceptors (Lipinski definition) is 9. The maximum absolute atomic E-state index is 14.1. The second kappa shape index (κ2) is 10.4. The molecule has 1 unspecified atom stereocenters. The molecule has 3 heterocycles. The predicted molar refractivity (Wildman–Crippen MR) is 123 cm³/mol. The van der Waals surface area contributed by atoms with Crippen molar-refractivity contribution in [2.24, 2.45) is 0 Å². The molecular weight excluding hydrogens is 561 g/mol. The topological polar surface area (TPSA) is 126 Å². The first-order valence-corrected chi connectivity index (χ1v) is 11.5. The van der Waals surface area contributed by atoms with E-state index in [0.717, 1.165) is 35.3 Å². The van der Waals surface area contributed by atoms with Gasteiger partial charge in [0.15, 0.2) is 5.69 Å². The van der Waals surface area contributed by atoms with E-state index in [4.69, 9.17) is 21.1 Å². The Labute approximate surface area is 221 Å². The fourth-order valence-electron chi connectivity index (χ4n) is 4.44. The highest BCUT2D eigenvalue weighted by Gasteiger charge is 2.59. The highest BCUT2D eigenvalue weighted by Crippen LogP contribution is 2.45. The zero-order chi connectivity index (χ0) is 28.0. The summed E-state index contributed by atoms with van der Waals surface area (Å²) < 4.78 is 80.6. The number of rotatable bonds is 5. The van der Waals surface area contributed by atoms with Crippen molar-refractivity contribution >= 4 is 24.2 Å². The largest absolute Gasteiger partial charge is 0.434 e. The molecule has 0 spiro atoms. The van der Waals surface area contributed by atoms with Crippen LogP contribution in [0.5, 0.6) is 0 Å². The number of methoxy groups -OCH3 is 1. The number of thiol groups is 1. The van der Waals surface area contributed by atoms with E-state index < -0.39 is 70.0 Å². The molecule has 0 amide bonds. The summed E-state index contributed by atoms with van der Waals surface area (Å²) in [7, 11) is 1.20. The molecule has 3 aromatic rings. The summed E-state index contributed by atoms with van der Waals surface area (Å²) in [6.07, 6.45) is -7.55. The molecule has 1 aromatic carbocycles. The maximum Gasteiger partial charge on any atom is 0.434 e. The lowest BCUT2D eigenvalue weighted by Crippen LogP contribution is -2.67. The number of nitrogens with zero attached hydrogens (tertiary/aromatic N) is 5. The van der Waals surface area contributed by atoms with E-state index in [1.807, 2.05) is 0 Å². The lowest BCUT2D eigenvalue weighted by molar-refractivity contribution is -0.213. The highest BCUT2D eigenvalue weighted by atomic mass is 35.5. The van der Waals surface area contributed by atoms with Gasteiger partial charge in [-0.1, -0.05) is 16.8 Å². The first-order chi connectivity index (χ1) is 17.9. The van der Waals surface area contributed by atoms with Crippen LogP contribution in [0.15, 0.2) is 30.6 Å². The molecule has 2 aromatic heterocycles. The van der Waals surface area contributed by atoms with Crippen molar-refractivity contribution in [3.8, 4) is 17.3 Å². The predicted octanol–water partition coefficient (Wildman–Crippen LogP) is 2.93. The summed E-state index contributed by atoms with van der Waals surface area (Å²) in [6.45, 7) is -0.759. The maximum atomic E-state index is 14.1. The van der Waals surface area contributed by atoms with Crippen LogP contribution in [0.25, 0.3) is 11.3 Å². The molecule has 0 aliphatic carbocycles. The lowest BCUT2D eigenvalue weighted by Gasteiger charge is -2.51. The smallest absolute Gasteiger partial charge is 0.394 e. The van der Waals surface area contributed by atoms with Gasteiger partial charge in [-0.2, -0.15) is 18.4 Å². The normalized spacial score (nSPS) is 25.8. The van der Waals surface area contributed by atoms with E-state index in [9.17, 15) is 37.4 Å². The summed E-state index contributed by atoms with van der Waals surface area (Å²) >= 11 is 9.87. The minimum Gasteiger partial charge on any atom is -0.394 e. The van der Waals surface area contributed by atoms with Crippen LogP contribution in [0.1, 0.15) is 16.8 Å². The van der Waals surface area contributed by atoms with Gasteiger partial charge < -0.3 is 19.7 Å². The fraction of sp³-hybridized carbons (Fsp3) is 0.364. The summed E-state index contributed by atoms with van der Waals surface area (Å²) in [4.78, 5) is 3.43. The number of aliphatic hydroxyl groups excluding tert-OH is 2. The lowest BCUT2D eigenvalue weighted by atomic mass is 9.75. The molecule has 1 aliphatic rings. The van der Waals surface area contributed by atoms with Crippen molar-refractivity contribution in [2.45, 2.75) is 35.5 Å². The van der Waals surface area contributed by atoms with E-state index in [1.165, 1.54) is 13.2 Å².